The summed E-state index contributed by atoms with van der Waals surface area (Å²) in [6.45, 7) is 2.25. The molecule has 0 atom stereocenters. The minimum Gasteiger partial charge on any atom is -0.872 e. The molecule has 0 saturated heterocycles. The first kappa shape index (κ1) is 30.0. The van der Waals surface area contributed by atoms with E-state index < -0.39 is 20.8 Å². The van der Waals surface area contributed by atoms with E-state index in [1.165, 1.54) is 76.7 Å². The Bertz CT molecular complexity index is 915. The number of ether oxygens (including phenoxy) is 1. The molecule has 0 fully saturated rings. The van der Waals surface area contributed by atoms with Crippen LogP contribution in [0.4, 0.5) is 0 Å². The zero-order valence-corrected chi connectivity index (χ0v) is 23.0. The summed E-state index contributed by atoms with van der Waals surface area (Å²) in [4.78, 5) is -0.465. The number of benzene rings is 2. The quantitative estimate of drug-likeness (QED) is 0.221. The largest absolute Gasteiger partial charge is 1.00 e. The van der Waals surface area contributed by atoms with Crippen LogP contribution in [0.3, 0.4) is 0 Å². The molecule has 0 aliphatic heterocycles. The van der Waals surface area contributed by atoms with Gasteiger partial charge in [-0.3, -0.25) is 4.55 Å². The number of hydrogen-bond donors (Lipinski definition) is 1. The van der Waals surface area contributed by atoms with Gasteiger partial charge in [-0.1, -0.05) is 89.7 Å². The Labute approximate surface area is 222 Å². The van der Waals surface area contributed by atoms with E-state index in [1.54, 1.807) is 6.07 Å². The summed E-state index contributed by atoms with van der Waals surface area (Å²) < 4.78 is 37.4. The maximum atomic E-state index is 11.7. The minimum atomic E-state index is -4.46. The molecule has 178 valence electrons. The molecule has 0 radical (unpaired) electrons. The summed E-state index contributed by atoms with van der Waals surface area (Å²) in [5, 5.41) is 11.7. The predicted octanol–water partition coefficient (Wildman–Crippen LogP) is 4.05. The molecule has 0 aliphatic rings. The summed E-state index contributed by atoms with van der Waals surface area (Å²) in [6.07, 6.45) is 16.7. The van der Waals surface area contributed by atoms with Gasteiger partial charge in [0.05, 0.1) is 4.90 Å². The van der Waals surface area contributed by atoms with Crippen molar-refractivity contribution in [1.82, 2.24) is 0 Å². The van der Waals surface area contributed by atoms with E-state index in [9.17, 15) is 13.5 Å². The van der Waals surface area contributed by atoms with Gasteiger partial charge in [0.1, 0.15) is 11.5 Å². The second-order valence-electron chi connectivity index (χ2n) is 8.50. The van der Waals surface area contributed by atoms with Gasteiger partial charge in [0.25, 0.3) is 10.1 Å². The fraction of sp³-hybridized carbons (Fsp3) is 0.538. The van der Waals surface area contributed by atoms with Crippen molar-refractivity contribution in [3.63, 3.8) is 0 Å². The summed E-state index contributed by atoms with van der Waals surface area (Å²) in [6, 6.07) is 10.8. The van der Waals surface area contributed by atoms with Crippen LogP contribution in [0.25, 0.3) is 0 Å². The third kappa shape index (κ3) is 12.8. The maximum Gasteiger partial charge on any atom is 1.00 e. The van der Waals surface area contributed by atoms with Crippen LogP contribution in [-0.4, -0.2) is 13.0 Å². The normalized spacial score (nSPS) is 11.2. The van der Waals surface area contributed by atoms with Crippen LogP contribution >= 0.6 is 0 Å². The number of hydrogen-bond acceptors (Lipinski definition) is 4. The van der Waals surface area contributed by atoms with Crippen LogP contribution in [0.1, 0.15) is 89.5 Å². The second-order valence-corrected chi connectivity index (χ2v) is 9.93. The summed E-state index contributed by atoms with van der Waals surface area (Å²) in [5.74, 6) is 0.0868. The van der Waals surface area contributed by atoms with Crippen LogP contribution in [0.5, 0.6) is 17.2 Å². The van der Waals surface area contributed by atoms with E-state index in [4.69, 9.17) is 9.29 Å². The van der Waals surface area contributed by atoms with Gasteiger partial charge >= 0.3 is 29.6 Å². The van der Waals surface area contributed by atoms with E-state index >= 15 is 0 Å². The molecule has 0 bridgehead atoms. The van der Waals surface area contributed by atoms with Crippen LogP contribution in [0.2, 0.25) is 0 Å². The van der Waals surface area contributed by atoms with E-state index in [0.717, 1.165) is 30.5 Å². The van der Waals surface area contributed by atoms with E-state index in [2.05, 4.69) is 6.92 Å². The number of unbranched alkanes of at least 4 members (excludes halogenated alkanes) is 11. The molecule has 0 unspecified atom stereocenters. The Hall–Kier alpha value is -1.05. The minimum absolute atomic E-state index is 0. The van der Waals surface area contributed by atoms with Crippen molar-refractivity contribution in [1.29, 1.82) is 0 Å². The third-order valence-corrected chi connectivity index (χ3v) is 6.44. The van der Waals surface area contributed by atoms with Gasteiger partial charge in [-0.05, 0) is 42.7 Å². The van der Waals surface area contributed by atoms with Crippen LogP contribution in [0.15, 0.2) is 47.4 Å². The second kappa shape index (κ2) is 16.6. The molecule has 1 N–H and O–H groups in total. The van der Waals surface area contributed by atoms with Crippen molar-refractivity contribution in [3.8, 4) is 17.2 Å². The molecule has 0 spiro atoms. The van der Waals surface area contributed by atoms with Crippen molar-refractivity contribution in [3.05, 3.63) is 48.0 Å². The fourth-order valence-corrected chi connectivity index (χ4v) is 4.35. The van der Waals surface area contributed by atoms with Crippen molar-refractivity contribution >= 4 is 10.1 Å². The topological polar surface area (TPSA) is 86.7 Å². The Kier molecular flexibility index (Phi) is 15.0. The summed E-state index contributed by atoms with van der Waals surface area (Å²) in [7, 11) is -4.46. The van der Waals surface area contributed by atoms with Crippen LogP contribution < -0.4 is 39.4 Å². The molecule has 5 nitrogen and oxygen atoms in total. The molecule has 33 heavy (non-hydrogen) atoms. The van der Waals surface area contributed by atoms with Crippen LogP contribution in [0, 0.1) is 0 Å². The molecular weight excluding hydrogens is 447 g/mol. The van der Waals surface area contributed by atoms with Crippen molar-refractivity contribution < 1.29 is 52.4 Å². The molecule has 0 aliphatic carbocycles. The SMILES string of the molecule is CCCCCCCCCCCCCCc1cccc(Oc2cc([O-])cc(S(=O)(=O)O)c2)c1.[Na+]. The Morgan fingerprint density at radius 2 is 1.36 bits per heavy atom. The standard InChI is InChI=1S/C26H38O5S.Na/c1-2-3-4-5-6-7-8-9-10-11-12-13-15-22-16-14-17-24(18-22)31-25-19-23(27)20-26(21-25)32(28,29)30;/h14,16-21,27H,2-13,15H2,1H3,(H,28,29,30);/q;+1/p-1. The van der Waals surface area contributed by atoms with Crippen LogP contribution in [-0.2, 0) is 16.5 Å². The molecule has 0 saturated carbocycles. The third-order valence-electron chi connectivity index (χ3n) is 5.60. The van der Waals surface area contributed by atoms with Crippen molar-refractivity contribution in [2.75, 3.05) is 0 Å². The van der Waals surface area contributed by atoms with Gasteiger partial charge < -0.3 is 9.84 Å². The Morgan fingerprint density at radius 1 is 0.788 bits per heavy atom. The molecular formula is C26H37NaO5S. The zero-order chi connectivity index (χ0) is 23.2. The van der Waals surface area contributed by atoms with Gasteiger partial charge in [0.15, 0.2) is 0 Å². The molecule has 2 aromatic carbocycles. The van der Waals surface area contributed by atoms with E-state index in [-0.39, 0.29) is 35.3 Å². The van der Waals surface area contributed by atoms with E-state index in [1.807, 2.05) is 18.2 Å². The first-order valence-corrected chi connectivity index (χ1v) is 13.4. The van der Waals surface area contributed by atoms with Gasteiger partial charge in [-0.2, -0.15) is 8.42 Å². The zero-order valence-electron chi connectivity index (χ0n) is 20.2. The molecule has 2 rings (SSSR count). The van der Waals surface area contributed by atoms with Gasteiger partial charge in [0.2, 0.25) is 0 Å². The Morgan fingerprint density at radius 3 is 1.94 bits per heavy atom. The molecule has 7 heteroatoms. The van der Waals surface area contributed by atoms with E-state index in [0.29, 0.717) is 5.75 Å². The average Bonchev–Trinajstić information content (AvgIpc) is 2.74. The van der Waals surface area contributed by atoms with Gasteiger partial charge in [-0.15, -0.1) is 5.75 Å². The molecule has 0 aromatic heterocycles. The average molecular weight is 485 g/mol. The summed E-state index contributed by atoms with van der Waals surface area (Å²) in [5.41, 5.74) is 1.14. The maximum absolute atomic E-state index is 11.7. The first-order chi connectivity index (χ1) is 15.4. The monoisotopic (exact) mass is 484 g/mol. The number of rotatable bonds is 16. The molecule has 2 aromatic rings. The fourth-order valence-electron chi connectivity index (χ4n) is 3.82. The van der Waals surface area contributed by atoms with Crippen molar-refractivity contribution in [2.45, 2.75) is 95.3 Å². The molecule has 0 amide bonds. The van der Waals surface area contributed by atoms with Gasteiger partial charge in [0, 0.05) is 6.07 Å². The Balaban J connectivity index is 0.00000544. The van der Waals surface area contributed by atoms with Crippen molar-refractivity contribution in [2.24, 2.45) is 0 Å². The summed E-state index contributed by atoms with van der Waals surface area (Å²) >= 11 is 0. The first-order valence-electron chi connectivity index (χ1n) is 11.9. The predicted molar refractivity (Wildman–Crippen MR) is 127 cm³/mol. The number of aryl methyl sites for hydroxylation is 1. The smallest absolute Gasteiger partial charge is 0.872 e. The van der Waals surface area contributed by atoms with Gasteiger partial charge in [-0.25, -0.2) is 0 Å². The molecule has 0 heterocycles.